The average molecular weight is 288 g/mol. The number of hydrogen-bond acceptors (Lipinski definition) is 1. The van der Waals surface area contributed by atoms with E-state index in [0.29, 0.717) is 0 Å². The van der Waals surface area contributed by atoms with Crippen LogP contribution in [0.15, 0.2) is 24.3 Å². The Labute approximate surface area is 128 Å². The molecule has 0 aliphatic rings. The van der Waals surface area contributed by atoms with Crippen molar-refractivity contribution >= 4 is 11.0 Å². The molecule has 116 valence electrons. The highest BCUT2D eigenvalue weighted by Gasteiger charge is 2.16. The molecule has 3 nitrogen and oxygen atoms in total. The van der Waals surface area contributed by atoms with Gasteiger partial charge >= 0.3 is 0 Å². The maximum absolute atomic E-state index is 4.82. The van der Waals surface area contributed by atoms with Gasteiger partial charge in [-0.3, -0.25) is 0 Å². The van der Waals surface area contributed by atoms with Crippen molar-refractivity contribution in [3.63, 3.8) is 0 Å². The Balaban J connectivity index is 2.03. The second-order valence-corrected chi connectivity index (χ2v) is 5.95. The standard InChI is InChI=1S/C18H30N3/c1-3-5-7-11-15-20-17-13-9-10-14-18(17)21(19-20)16-12-8-6-4-2/h9-10,13-14H,3-8,11-12,15-16H2,1-2H3/q+1. The summed E-state index contributed by atoms with van der Waals surface area (Å²) in [5.74, 6) is 0. The molecule has 0 atom stereocenters. The van der Waals surface area contributed by atoms with Gasteiger partial charge in [-0.1, -0.05) is 51.7 Å². The topological polar surface area (TPSA) is 21.7 Å². The molecule has 2 aromatic rings. The van der Waals surface area contributed by atoms with E-state index >= 15 is 0 Å². The molecule has 1 heterocycles. The van der Waals surface area contributed by atoms with Crippen LogP contribution in [-0.4, -0.2) is 9.90 Å². The molecule has 0 N–H and O–H groups in total. The first kappa shape index (κ1) is 16.0. The largest absolute Gasteiger partial charge is 0.198 e. The zero-order valence-electron chi connectivity index (χ0n) is 13.7. The van der Waals surface area contributed by atoms with Crippen LogP contribution < -0.4 is 4.68 Å². The molecule has 0 fully saturated rings. The number of unbranched alkanes of at least 4 members (excludes halogenated alkanes) is 6. The van der Waals surface area contributed by atoms with Crippen molar-refractivity contribution in [3.8, 4) is 0 Å². The van der Waals surface area contributed by atoms with Gasteiger partial charge in [-0.15, -0.1) is 9.36 Å². The molecule has 0 unspecified atom stereocenters. The summed E-state index contributed by atoms with van der Waals surface area (Å²) in [5, 5.41) is 4.82. The van der Waals surface area contributed by atoms with Crippen molar-refractivity contribution in [1.82, 2.24) is 9.90 Å². The lowest BCUT2D eigenvalue weighted by Gasteiger charge is -1.96. The molecule has 1 aromatic carbocycles. The summed E-state index contributed by atoms with van der Waals surface area (Å²) >= 11 is 0. The maximum Gasteiger partial charge on any atom is 0.198 e. The number of para-hydroxylation sites is 2. The molecule has 0 saturated carbocycles. The molecule has 2 rings (SSSR count). The van der Waals surface area contributed by atoms with Crippen LogP contribution in [0.5, 0.6) is 0 Å². The number of hydrogen-bond donors (Lipinski definition) is 0. The predicted molar refractivity (Wildman–Crippen MR) is 88.2 cm³/mol. The number of rotatable bonds is 10. The molecule has 0 aliphatic carbocycles. The third-order valence-corrected chi connectivity index (χ3v) is 4.10. The summed E-state index contributed by atoms with van der Waals surface area (Å²) in [6.07, 6.45) is 10.3. The Morgan fingerprint density at radius 3 is 2.38 bits per heavy atom. The Kier molecular flexibility index (Phi) is 6.71. The molecular formula is C18H30N3+. The van der Waals surface area contributed by atoms with Crippen molar-refractivity contribution in [3.05, 3.63) is 24.3 Å². The SMILES string of the molecule is CCCCCCn1n[n+](CCCCCC)c2ccccc21. The first-order chi connectivity index (χ1) is 10.4. The fraction of sp³-hybridized carbons (Fsp3) is 0.667. The zero-order valence-corrected chi connectivity index (χ0v) is 13.7. The Morgan fingerprint density at radius 2 is 1.62 bits per heavy atom. The average Bonchev–Trinajstić information content (AvgIpc) is 2.87. The van der Waals surface area contributed by atoms with Crippen LogP contribution in [0.25, 0.3) is 11.0 Å². The number of fused-ring (bicyclic) bond motifs is 1. The number of aromatic nitrogens is 3. The lowest BCUT2D eigenvalue weighted by Crippen LogP contribution is -2.37. The number of benzene rings is 1. The van der Waals surface area contributed by atoms with Gasteiger partial charge in [0.05, 0.1) is 5.21 Å². The summed E-state index contributed by atoms with van der Waals surface area (Å²) in [6.45, 7) is 6.60. The first-order valence-corrected chi connectivity index (χ1v) is 8.72. The molecule has 0 aliphatic heterocycles. The highest BCUT2D eigenvalue weighted by molar-refractivity contribution is 5.70. The normalized spacial score (nSPS) is 11.3. The lowest BCUT2D eigenvalue weighted by atomic mass is 10.2. The summed E-state index contributed by atoms with van der Waals surface area (Å²) in [4.78, 5) is 0. The fourth-order valence-corrected chi connectivity index (χ4v) is 2.83. The van der Waals surface area contributed by atoms with Crippen LogP contribution in [0.4, 0.5) is 0 Å². The van der Waals surface area contributed by atoms with E-state index in [1.54, 1.807) is 0 Å². The first-order valence-electron chi connectivity index (χ1n) is 8.72. The number of aryl methyl sites for hydroxylation is 2. The van der Waals surface area contributed by atoms with Crippen LogP contribution in [0.1, 0.15) is 65.2 Å². The van der Waals surface area contributed by atoms with Gasteiger partial charge in [0.25, 0.3) is 0 Å². The van der Waals surface area contributed by atoms with E-state index in [2.05, 4.69) is 47.5 Å². The van der Waals surface area contributed by atoms with Gasteiger partial charge in [0, 0.05) is 0 Å². The third-order valence-electron chi connectivity index (χ3n) is 4.10. The van der Waals surface area contributed by atoms with Gasteiger partial charge in [-0.25, -0.2) is 0 Å². The highest BCUT2D eigenvalue weighted by atomic mass is 15.5. The van der Waals surface area contributed by atoms with Crippen LogP contribution in [0.2, 0.25) is 0 Å². The Bertz CT molecular complexity index is 484. The van der Waals surface area contributed by atoms with E-state index in [1.165, 1.54) is 62.4 Å². The van der Waals surface area contributed by atoms with E-state index in [4.69, 9.17) is 5.21 Å². The van der Waals surface area contributed by atoms with Crippen molar-refractivity contribution < 1.29 is 4.68 Å². The molecule has 0 radical (unpaired) electrons. The fourth-order valence-electron chi connectivity index (χ4n) is 2.83. The van der Waals surface area contributed by atoms with Gasteiger partial charge in [0.1, 0.15) is 13.1 Å². The van der Waals surface area contributed by atoms with Crippen LogP contribution in [0, 0.1) is 0 Å². The van der Waals surface area contributed by atoms with Crippen LogP contribution in [0.3, 0.4) is 0 Å². The van der Waals surface area contributed by atoms with Gasteiger partial charge < -0.3 is 0 Å². The monoisotopic (exact) mass is 288 g/mol. The Hall–Kier alpha value is -1.38. The minimum absolute atomic E-state index is 1.04. The summed E-state index contributed by atoms with van der Waals surface area (Å²) in [7, 11) is 0. The van der Waals surface area contributed by atoms with Crippen LogP contribution >= 0.6 is 0 Å². The lowest BCUT2D eigenvalue weighted by molar-refractivity contribution is -0.733. The van der Waals surface area contributed by atoms with Crippen LogP contribution in [-0.2, 0) is 13.1 Å². The van der Waals surface area contributed by atoms with E-state index in [1.807, 2.05) is 0 Å². The summed E-state index contributed by atoms with van der Waals surface area (Å²) in [6, 6.07) is 8.64. The van der Waals surface area contributed by atoms with E-state index < -0.39 is 0 Å². The molecule has 3 heteroatoms. The van der Waals surface area contributed by atoms with Gasteiger partial charge in [0.15, 0.2) is 11.0 Å². The van der Waals surface area contributed by atoms with Crippen molar-refractivity contribution in [2.45, 2.75) is 78.3 Å². The van der Waals surface area contributed by atoms with E-state index in [-0.39, 0.29) is 0 Å². The molecule has 0 saturated heterocycles. The highest BCUT2D eigenvalue weighted by Crippen LogP contribution is 2.11. The van der Waals surface area contributed by atoms with Crippen molar-refractivity contribution in [2.24, 2.45) is 0 Å². The van der Waals surface area contributed by atoms with Gasteiger partial charge in [0.2, 0.25) is 0 Å². The van der Waals surface area contributed by atoms with Gasteiger partial charge in [-0.2, -0.15) is 0 Å². The summed E-state index contributed by atoms with van der Waals surface area (Å²) < 4.78 is 4.40. The van der Waals surface area contributed by atoms with Crippen molar-refractivity contribution in [1.29, 1.82) is 0 Å². The molecule has 0 bridgehead atoms. The zero-order chi connectivity index (χ0) is 14.9. The number of nitrogens with zero attached hydrogens (tertiary/aromatic N) is 3. The Morgan fingerprint density at radius 1 is 0.905 bits per heavy atom. The molecule has 1 aromatic heterocycles. The second kappa shape index (κ2) is 8.81. The van der Waals surface area contributed by atoms with E-state index in [0.717, 1.165) is 13.1 Å². The minimum Gasteiger partial charge on any atom is -0.129 e. The molecule has 21 heavy (non-hydrogen) atoms. The third kappa shape index (κ3) is 4.55. The molecule has 0 amide bonds. The smallest absolute Gasteiger partial charge is 0.129 e. The maximum atomic E-state index is 4.82. The summed E-state index contributed by atoms with van der Waals surface area (Å²) in [5.41, 5.74) is 2.56. The predicted octanol–water partition coefficient (Wildman–Crippen LogP) is 4.48. The van der Waals surface area contributed by atoms with Crippen molar-refractivity contribution in [2.75, 3.05) is 0 Å². The van der Waals surface area contributed by atoms with E-state index in [9.17, 15) is 0 Å². The minimum atomic E-state index is 1.04. The molecular weight excluding hydrogens is 258 g/mol. The quantitative estimate of drug-likeness (QED) is 0.466. The van der Waals surface area contributed by atoms with Gasteiger partial charge in [-0.05, 0) is 37.8 Å². The molecule has 0 spiro atoms. The second-order valence-electron chi connectivity index (χ2n) is 5.95.